The monoisotopic (exact) mass is 214 g/mol. The largest absolute Gasteiger partial charge is 0.383 e. The van der Waals surface area contributed by atoms with Crippen molar-refractivity contribution in [3.8, 4) is 0 Å². The van der Waals surface area contributed by atoms with Crippen LogP contribution in [0.3, 0.4) is 0 Å². The summed E-state index contributed by atoms with van der Waals surface area (Å²) in [6.07, 6.45) is 1.33. The number of hydrogen-bond acceptors (Lipinski definition) is 3. The van der Waals surface area contributed by atoms with Gasteiger partial charge in [-0.05, 0) is 46.2 Å². The summed E-state index contributed by atoms with van der Waals surface area (Å²) in [7, 11) is 1.77. The number of rotatable bonds is 5. The Morgan fingerprint density at radius 2 is 2.13 bits per heavy atom. The van der Waals surface area contributed by atoms with Crippen LogP contribution in [0.25, 0.3) is 0 Å². The number of nitrogens with zero attached hydrogens (tertiary/aromatic N) is 1. The van der Waals surface area contributed by atoms with E-state index in [1.54, 1.807) is 7.11 Å². The zero-order valence-electron chi connectivity index (χ0n) is 10.7. The summed E-state index contributed by atoms with van der Waals surface area (Å²) in [6, 6.07) is 0. The van der Waals surface area contributed by atoms with Crippen molar-refractivity contribution in [1.82, 2.24) is 10.2 Å². The molecule has 1 saturated heterocycles. The van der Waals surface area contributed by atoms with Crippen molar-refractivity contribution in [3.63, 3.8) is 0 Å². The predicted octanol–water partition coefficient (Wildman–Crippen LogP) is 1.34. The summed E-state index contributed by atoms with van der Waals surface area (Å²) in [5.74, 6) is 0.820. The van der Waals surface area contributed by atoms with Gasteiger partial charge in [-0.1, -0.05) is 0 Å². The number of nitrogens with one attached hydrogen (secondary N) is 1. The molecule has 1 heterocycles. The van der Waals surface area contributed by atoms with E-state index in [2.05, 4.69) is 31.0 Å². The van der Waals surface area contributed by atoms with Gasteiger partial charge in [0.25, 0.3) is 0 Å². The molecule has 3 nitrogen and oxygen atoms in total. The Hall–Kier alpha value is -0.120. The second-order valence-electron chi connectivity index (χ2n) is 5.58. The average molecular weight is 214 g/mol. The van der Waals surface area contributed by atoms with Crippen LogP contribution in [0, 0.1) is 5.92 Å². The van der Waals surface area contributed by atoms with Crippen LogP contribution in [0.1, 0.15) is 27.2 Å². The van der Waals surface area contributed by atoms with E-state index in [9.17, 15) is 0 Å². The van der Waals surface area contributed by atoms with E-state index in [1.165, 1.54) is 19.5 Å². The maximum absolute atomic E-state index is 5.10. The summed E-state index contributed by atoms with van der Waals surface area (Å²) >= 11 is 0. The molecule has 1 aliphatic heterocycles. The standard InChI is InChI=1S/C12H26N2O/c1-12(2,3)13-9-11-5-6-14(10-11)7-8-15-4/h11,13H,5-10H2,1-4H3. The van der Waals surface area contributed by atoms with Crippen LogP contribution in [0.15, 0.2) is 0 Å². The van der Waals surface area contributed by atoms with Gasteiger partial charge in [-0.25, -0.2) is 0 Å². The summed E-state index contributed by atoms with van der Waals surface area (Å²) < 4.78 is 5.10. The molecular weight excluding hydrogens is 188 g/mol. The lowest BCUT2D eigenvalue weighted by Crippen LogP contribution is -2.39. The van der Waals surface area contributed by atoms with Gasteiger partial charge in [-0.15, -0.1) is 0 Å². The van der Waals surface area contributed by atoms with Crippen molar-refractivity contribution in [2.45, 2.75) is 32.7 Å². The van der Waals surface area contributed by atoms with Crippen LogP contribution >= 0.6 is 0 Å². The van der Waals surface area contributed by atoms with Gasteiger partial charge in [-0.3, -0.25) is 0 Å². The molecule has 0 aromatic rings. The van der Waals surface area contributed by atoms with Crippen molar-refractivity contribution in [2.75, 3.05) is 39.9 Å². The van der Waals surface area contributed by atoms with E-state index in [4.69, 9.17) is 4.74 Å². The maximum Gasteiger partial charge on any atom is 0.0589 e. The fourth-order valence-electron chi connectivity index (χ4n) is 1.95. The van der Waals surface area contributed by atoms with Crippen molar-refractivity contribution < 1.29 is 4.74 Å². The van der Waals surface area contributed by atoms with E-state index in [-0.39, 0.29) is 5.54 Å². The molecule has 1 fully saturated rings. The first-order valence-corrected chi connectivity index (χ1v) is 5.97. The Morgan fingerprint density at radius 1 is 1.40 bits per heavy atom. The molecule has 1 atom stereocenters. The van der Waals surface area contributed by atoms with Gasteiger partial charge in [0, 0.05) is 25.7 Å². The lowest BCUT2D eigenvalue weighted by atomic mass is 10.1. The van der Waals surface area contributed by atoms with Crippen molar-refractivity contribution in [2.24, 2.45) is 5.92 Å². The number of hydrogen-bond donors (Lipinski definition) is 1. The van der Waals surface area contributed by atoms with E-state index in [0.717, 1.165) is 25.6 Å². The van der Waals surface area contributed by atoms with E-state index in [1.807, 2.05) is 0 Å². The highest BCUT2D eigenvalue weighted by Gasteiger charge is 2.23. The highest BCUT2D eigenvalue weighted by atomic mass is 16.5. The third kappa shape index (κ3) is 5.50. The zero-order valence-corrected chi connectivity index (χ0v) is 10.7. The Kier molecular flexibility index (Phi) is 5.03. The van der Waals surface area contributed by atoms with Gasteiger partial charge in [0.05, 0.1) is 6.61 Å². The lowest BCUT2D eigenvalue weighted by molar-refractivity contribution is 0.158. The molecule has 90 valence electrons. The van der Waals surface area contributed by atoms with Gasteiger partial charge < -0.3 is 15.0 Å². The Bertz CT molecular complexity index is 177. The lowest BCUT2D eigenvalue weighted by Gasteiger charge is -2.23. The van der Waals surface area contributed by atoms with Gasteiger partial charge in [0.1, 0.15) is 0 Å². The molecule has 0 amide bonds. The second kappa shape index (κ2) is 5.83. The molecule has 1 aliphatic rings. The molecule has 0 aromatic carbocycles. The fourth-order valence-corrected chi connectivity index (χ4v) is 1.95. The van der Waals surface area contributed by atoms with E-state index < -0.39 is 0 Å². The summed E-state index contributed by atoms with van der Waals surface area (Å²) in [5, 5.41) is 3.58. The van der Waals surface area contributed by atoms with Gasteiger partial charge in [0.2, 0.25) is 0 Å². The van der Waals surface area contributed by atoms with Crippen molar-refractivity contribution in [3.05, 3.63) is 0 Å². The van der Waals surface area contributed by atoms with Crippen molar-refractivity contribution in [1.29, 1.82) is 0 Å². The first-order valence-electron chi connectivity index (χ1n) is 5.97. The molecule has 1 rings (SSSR count). The Balaban J connectivity index is 2.13. The molecule has 15 heavy (non-hydrogen) atoms. The maximum atomic E-state index is 5.10. The quantitative estimate of drug-likeness (QED) is 0.747. The third-order valence-electron chi connectivity index (χ3n) is 2.90. The first kappa shape index (κ1) is 12.9. The fraction of sp³-hybridized carbons (Fsp3) is 1.00. The van der Waals surface area contributed by atoms with Crippen LogP contribution in [-0.4, -0.2) is 50.3 Å². The molecule has 0 aliphatic carbocycles. The molecule has 0 bridgehead atoms. The minimum absolute atomic E-state index is 0.250. The summed E-state index contributed by atoms with van der Waals surface area (Å²) in [5.41, 5.74) is 0.250. The molecule has 0 radical (unpaired) electrons. The van der Waals surface area contributed by atoms with Crippen LogP contribution in [-0.2, 0) is 4.74 Å². The Morgan fingerprint density at radius 3 is 2.73 bits per heavy atom. The van der Waals surface area contributed by atoms with Crippen molar-refractivity contribution >= 4 is 0 Å². The third-order valence-corrected chi connectivity index (χ3v) is 2.90. The summed E-state index contributed by atoms with van der Waals surface area (Å²) in [6.45, 7) is 12.2. The predicted molar refractivity (Wildman–Crippen MR) is 64.2 cm³/mol. The molecule has 1 unspecified atom stereocenters. The average Bonchev–Trinajstić information content (AvgIpc) is 2.58. The molecular formula is C12H26N2O. The van der Waals surface area contributed by atoms with Gasteiger partial charge in [0.15, 0.2) is 0 Å². The normalized spacial score (nSPS) is 23.6. The molecule has 1 N–H and O–H groups in total. The topological polar surface area (TPSA) is 24.5 Å². The van der Waals surface area contributed by atoms with Gasteiger partial charge in [-0.2, -0.15) is 0 Å². The highest BCUT2D eigenvalue weighted by molar-refractivity contribution is 4.80. The SMILES string of the molecule is COCCN1CCC(CNC(C)(C)C)C1. The minimum atomic E-state index is 0.250. The number of methoxy groups -OCH3 is 1. The minimum Gasteiger partial charge on any atom is -0.383 e. The molecule has 0 spiro atoms. The van der Waals surface area contributed by atoms with Crippen LogP contribution < -0.4 is 5.32 Å². The van der Waals surface area contributed by atoms with Gasteiger partial charge >= 0.3 is 0 Å². The zero-order chi connectivity index (χ0) is 11.3. The molecule has 3 heteroatoms. The first-order chi connectivity index (χ1) is 7.01. The number of ether oxygens (including phenoxy) is 1. The van der Waals surface area contributed by atoms with E-state index >= 15 is 0 Å². The smallest absolute Gasteiger partial charge is 0.0589 e. The second-order valence-corrected chi connectivity index (χ2v) is 5.58. The van der Waals surface area contributed by atoms with E-state index in [0.29, 0.717) is 0 Å². The highest BCUT2D eigenvalue weighted by Crippen LogP contribution is 2.15. The number of likely N-dealkylation sites (tertiary alicyclic amines) is 1. The molecule has 0 saturated carbocycles. The van der Waals surface area contributed by atoms with Crippen LogP contribution in [0.2, 0.25) is 0 Å². The molecule has 0 aromatic heterocycles. The van der Waals surface area contributed by atoms with Crippen LogP contribution in [0.4, 0.5) is 0 Å². The van der Waals surface area contributed by atoms with Crippen LogP contribution in [0.5, 0.6) is 0 Å². The summed E-state index contributed by atoms with van der Waals surface area (Å²) in [4.78, 5) is 2.50. The Labute approximate surface area is 94.2 Å².